The summed E-state index contributed by atoms with van der Waals surface area (Å²) in [6.07, 6.45) is 4.36. The lowest BCUT2D eigenvalue weighted by atomic mass is 10.1. The summed E-state index contributed by atoms with van der Waals surface area (Å²) in [4.78, 5) is 8.56. The van der Waals surface area contributed by atoms with Crippen molar-refractivity contribution in [3.05, 3.63) is 47.9 Å². The second-order valence-corrected chi connectivity index (χ2v) is 4.60. The molecular weight excluding hydrogens is 266 g/mol. The number of nitrogens with one attached hydrogen (secondary N) is 1. The molecule has 0 unspecified atom stereocenters. The van der Waals surface area contributed by atoms with E-state index in [1.165, 1.54) is 5.56 Å². The van der Waals surface area contributed by atoms with Gasteiger partial charge in [-0.05, 0) is 31.0 Å². The molecule has 0 saturated heterocycles. The van der Waals surface area contributed by atoms with E-state index in [0.29, 0.717) is 6.61 Å². The minimum absolute atomic E-state index is 0.414. The van der Waals surface area contributed by atoms with Gasteiger partial charge in [-0.2, -0.15) is 0 Å². The Balaban J connectivity index is 1.84. The number of ether oxygens (including phenoxy) is 2. The van der Waals surface area contributed by atoms with Crippen molar-refractivity contribution in [3.63, 3.8) is 0 Å². The summed E-state index contributed by atoms with van der Waals surface area (Å²) < 4.78 is 10.8. The van der Waals surface area contributed by atoms with Crippen molar-refractivity contribution in [3.8, 4) is 5.75 Å². The SMILES string of the molecule is CCNc1cnc(COc2ccc(CCOC)cc2)cn1. The largest absolute Gasteiger partial charge is 0.487 e. The van der Waals surface area contributed by atoms with Gasteiger partial charge in [0.25, 0.3) is 0 Å². The molecule has 0 aliphatic rings. The fourth-order valence-electron chi connectivity index (χ4n) is 1.83. The first-order valence-electron chi connectivity index (χ1n) is 7.07. The van der Waals surface area contributed by atoms with Gasteiger partial charge in [0.1, 0.15) is 18.2 Å². The van der Waals surface area contributed by atoms with Crippen LogP contribution in [0.1, 0.15) is 18.2 Å². The molecule has 0 amide bonds. The fraction of sp³-hybridized carbons (Fsp3) is 0.375. The summed E-state index contributed by atoms with van der Waals surface area (Å²) in [5, 5.41) is 3.11. The van der Waals surface area contributed by atoms with E-state index < -0.39 is 0 Å². The fourth-order valence-corrected chi connectivity index (χ4v) is 1.83. The van der Waals surface area contributed by atoms with Crippen molar-refractivity contribution in [1.29, 1.82) is 0 Å². The molecule has 0 radical (unpaired) electrons. The molecule has 5 heteroatoms. The van der Waals surface area contributed by atoms with Gasteiger partial charge < -0.3 is 14.8 Å². The smallest absolute Gasteiger partial charge is 0.144 e. The summed E-state index contributed by atoms with van der Waals surface area (Å²) in [5.74, 6) is 1.61. The van der Waals surface area contributed by atoms with E-state index in [2.05, 4.69) is 15.3 Å². The number of rotatable bonds is 8. The Morgan fingerprint density at radius 3 is 2.52 bits per heavy atom. The molecule has 0 aliphatic heterocycles. The van der Waals surface area contributed by atoms with Gasteiger partial charge in [-0.1, -0.05) is 12.1 Å². The maximum atomic E-state index is 5.70. The highest BCUT2D eigenvalue weighted by molar-refractivity contribution is 5.31. The van der Waals surface area contributed by atoms with Crippen LogP contribution in [0, 0.1) is 0 Å². The number of aromatic nitrogens is 2. The molecule has 0 aliphatic carbocycles. The highest BCUT2D eigenvalue weighted by atomic mass is 16.5. The van der Waals surface area contributed by atoms with Crippen molar-refractivity contribution in [2.24, 2.45) is 0 Å². The third kappa shape index (κ3) is 5.04. The van der Waals surface area contributed by atoms with Crippen molar-refractivity contribution in [2.45, 2.75) is 20.0 Å². The molecule has 112 valence electrons. The summed E-state index contributed by atoms with van der Waals surface area (Å²) in [5.41, 5.74) is 2.04. The van der Waals surface area contributed by atoms with Crippen LogP contribution in [0.4, 0.5) is 5.82 Å². The molecule has 1 aromatic heterocycles. The zero-order chi connectivity index (χ0) is 14.9. The van der Waals surface area contributed by atoms with E-state index in [1.807, 2.05) is 31.2 Å². The van der Waals surface area contributed by atoms with E-state index in [-0.39, 0.29) is 0 Å². The van der Waals surface area contributed by atoms with Gasteiger partial charge in [-0.15, -0.1) is 0 Å². The highest BCUT2D eigenvalue weighted by Gasteiger charge is 2.00. The third-order valence-electron chi connectivity index (χ3n) is 2.97. The second-order valence-electron chi connectivity index (χ2n) is 4.60. The first kappa shape index (κ1) is 15.3. The Bertz CT molecular complexity index is 526. The number of hydrogen-bond acceptors (Lipinski definition) is 5. The van der Waals surface area contributed by atoms with Crippen LogP contribution in [0.2, 0.25) is 0 Å². The van der Waals surface area contributed by atoms with Crippen LogP contribution in [0.15, 0.2) is 36.7 Å². The number of methoxy groups -OCH3 is 1. The molecule has 1 heterocycles. The van der Waals surface area contributed by atoms with Gasteiger partial charge in [-0.25, -0.2) is 4.98 Å². The van der Waals surface area contributed by atoms with E-state index in [4.69, 9.17) is 9.47 Å². The zero-order valence-electron chi connectivity index (χ0n) is 12.5. The van der Waals surface area contributed by atoms with E-state index >= 15 is 0 Å². The first-order chi connectivity index (χ1) is 10.3. The van der Waals surface area contributed by atoms with Gasteiger partial charge in [0, 0.05) is 13.7 Å². The maximum Gasteiger partial charge on any atom is 0.144 e. The van der Waals surface area contributed by atoms with Gasteiger partial charge in [0.05, 0.1) is 24.7 Å². The van der Waals surface area contributed by atoms with E-state index in [0.717, 1.165) is 36.8 Å². The lowest BCUT2D eigenvalue weighted by molar-refractivity contribution is 0.202. The Kier molecular flexibility index (Phi) is 5.97. The van der Waals surface area contributed by atoms with Gasteiger partial charge in [0.2, 0.25) is 0 Å². The lowest BCUT2D eigenvalue weighted by Crippen LogP contribution is -2.03. The van der Waals surface area contributed by atoms with Gasteiger partial charge in [0.15, 0.2) is 0 Å². The lowest BCUT2D eigenvalue weighted by Gasteiger charge is -2.07. The molecule has 21 heavy (non-hydrogen) atoms. The van der Waals surface area contributed by atoms with Crippen LogP contribution >= 0.6 is 0 Å². The first-order valence-corrected chi connectivity index (χ1v) is 7.07. The average molecular weight is 287 g/mol. The molecule has 1 aromatic carbocycles. The number of benzene rings is 1. The Hall–Kier alpha value is -2.14. The molecule has 1 N–H and O–H groups in total. The van der Waals surface area contributed by atoms with Gasteiger partial charge >= 0.3 is 0 Å². The highest BCUT2D eigenvalue weighted by Crippen LogP contribution is 2.14. The van der Waals surface area contributed by atoms with Crippen molar-refractivity contribution in [2.75, 3.05) is 25.6 Å². The molecule has 2 aromatic rings. The Labute approximate surface area is 125 Å². The predicted octanol–water partition coefficient (Wildman–Crippen LogP) is 2.68. The molecule has 0 bridgehead atoms. The molecule has 5 nitrogen and oxygen atoms in total. The summed E-state index contributed by atoms with van der Waals surface area (Å²) in [6, 6.07) is 8.03. The van der Waals surface area contributed by atoms with Crippen molar-refractivity contribution >= 4 is 5.82 Å². The monoisotopic (exact) mass is 287 g/mol. The molecule has 2 rings (SSSR count). The van der Waals surface area contributed by atoms with E-state index in [1.54, 1.807) is 19.5 Å². The number of anilines is 1. The predicted molar refractivity (Wildman–Crippen MR) is 82.5 cm³/mol. The maximum absolute atomic E-state index is 5.70. The zero-order valence-corrected chi connectivity index (χ0v) is 12.5. The number of nitrogens with zero attached hydrogens (tertiary/aromatic N) is 2. The summed E-state index contributed by atoms with van der Waals surface area (Å²) >= 11 is 0. The average Bonchev–Trinajstić information content (AvgIpc) is 2.53. The topological polar surface area (TPSA) is 56.3 Å². The van der Waals surface area contributed by atoms with Gasteiger partial charge in [-0.3, -0.25) is 4.98 Å². The quantitative estimate of drug-likeness (QED) is 0.809. The summed E-state index contributed by atoms with van der Waals surface area (Å²) in [6.45, 7) is 4.00. The molecule has 0 spiro atoms. The molecule has 0 atom stereocenters. The second kappa shape index (κ2) is 8.21. The van der Waals surface area contributed by atoms with E-state index in [9.17, 15) is 0 Å². The molecule has 0 saturated carbocycles. The number of hydrogen-bond donors (Lipinski definition) is 1. The van der Waals surface area contributed by atoms with Crippen molar-refractivity contribution < 1.29 is 9.47 Å². The van der Waals surface area contributed by atoms with Crippen LogP contribution in [0.3, 0.4) is 0 Å². The summed E-state index contributed by atoms with van der Waals surface area (Å²) in [7, 11) is 1.71. The van der Waals surface area contributed by atoms with Crippen LogP contribution in [0.5, 0.6) is 5.75 Å². The Morgan fingerprint density at radius 2 is 1.90 bits per heavy atom. The Morgan fingerprint density at radius 1 is 1.10 bits per heavy atom. The molecular formula is C16H21N3O2. The normalized spacial score (nSPS) is 10.4. The molecule has 0 fully saturated rings. The van der Waals surface area contributed by atoms with Crippen LogP contribution in [-0.4, -0.2) is 30.2 Å². The van der Waals surface area contributed by atoms with Crippen LogP contribution < -0.4 is 10.1 Å². The third-order valence-corrected chi connectivity index (χ3v) is 2.97. The van der Waals surface area contributed by atoms with Crippen LogP contribution in [-0.2, 0) is 17.8 Å². The van der Waals surface area contributed by atoms with Crippen LogP contribution in [0.25, 0.3) is 0 Å². The minimum atomic E-state index is 0.414. The minimum Gasteiger partial charge on any atom is -0.487 e. The standard InChI is InChI=1S/C16H21N3O2/c1-3-17-16-11-18-14(10-19-16)12-21-15-6-4-13(5-7-15)8-9-20-2/h4-7,10-11H,3,8-9,12H2,1-2H3,(H,17,19). The van der Waals surface area contributed by atoms with Crippen molar-refractivity contribution in [1.82, 2.24) is 9.97 Å².